The zero-order chi connectivity index (χ0) is 21.7. The van der Waals surface area contributed by atoms with Crippen molar-refractivity contribution in [3.8, 4) is 17.1 Å². The van der Waals surface area contributed by atoms with Crippen molar-refractivity contribution in [3.05, 3.63) is 81.6 Å². The Labute approximate surface area is 196 Å². The van der Waals surface area contributed by atoms with Crippen molar-refractivity contribution < 1.29 is 0 Å². The molecule has 162 valence electrons. The van der Waals surface area contributed by atoms with Gasteiger partial charge in [-0.05, 0) is 60.7 Å². The van der Waals surface area contributed by atoms with E-state index in [2.05, 4.69) is 32.1 Å². The minimum absolute atomic E-state index is 0.534. The number of nitrogens with one attached hydrogen (secondary N) is 1. The summed E-state index contributed by atoms with van der Waals surface area (Å²) in [5.74, 6) is 0.827. The van der Waals surface area contributed by atoms with Gasteiger partial charge in [-0.15, -0.1) is 0 Å². The Morgan fingerprint density at radius 2 is 1.97 bits per heavy atom. The summed E-state index contributed by atoms with van der Waals surface area (Å²) in [6.45, 7) is 1.91. The second kappa shape index (κ2) is 8.03. The van der Waals surface area contributed by atoms with Crippen molar-refractivity contribution in [1.29, 1.82) is 0 Å². The molecule has 6 rings (SSSR count). The largest absolute Gasteiger partial charge is 0.340 e. The zero-order valence-corrected chi connectivity index (χ0v) is 18.9. The maximum Gasteiger partial charge on any atom is 0.139 e. The lowest BCUT2D eigenvalue weighted by molar-refractivity contribution is 0.160. The smallest absolute Gasteiger partial charge is 0.139 e. The van der Waals surface area contributed by atoms with E-state index in [9.17, 15) is 0 Å². The Balaban J connectivity index is 1.22. The van der Waals surface area contributed by atoms with E-state index >= 15 is 0 Å². The van der Waals surface area contributed by atoms with Crippen LogP contribution in [-0.4, -0.2) is 42.2 Å². The van der Waals surface area contributed by atoms with Gasteiger partial charge in [-0.25, -0.2) is 14.6 Å². The third kappa shape index (κ3) is 3.62. The molecule has 0 amide bonds. The van der Waals surface area contributed by atoms with Gasteiger partial charge in [0.1, 0.15) is 18.5 Å². The Morgan fingerprint density at radius 3 is 2.81 bits per heavy atom. The lowest BCUT2D eigenvalue weighted by atomic mass is 9.87. The first kappa shape index (κ1) is 20.0. The van der Waals surface area contributed by atoms with E-state index in [1.54, 1.807) is 11.0 Å². The Kier molecular flexibility index (Phi) is 5.01. The van der Waals surface area contributed by atoms with E-state index < -0.39 is 0 Å². The molecule has 2 aliphatic rings. The highest BCUT2D eigenvalue weighted by atomic mass is 35.5. The minimum Gasteiger partial charge on any atom is -0.340 e. The van der Waals surface area contributed by atoms with Crippen LogP contribution in [0.1, 0.15) is 28.9 Å². The van der Waals surface area contributed by atoms with Crippen molar-refractivity contribution in [2.75, 3.05) is 6.54 Å². The second-order valence-corrected chi connectivity index (χ2v) is 9.39. The van der Waals surface area contributed by atoms with Gasteiger partial charge >= 0.3 is 0 Å². The van der Waals surface area contributed by atoms with Crippen LogP contribution in [-0.2, 0) is 25.8 Å². The minimum atomic E-state index is 0.534. The molecule has 2 aromatic heterocycles. The highest BCUT2D eigenvalue weighted by Crippen LogP contribution is 2.32. The maximum absolute atomic E-state index is 6.61. The Hall–Kier alpha value is -2.67. The molecule has 1 atom stereocenters. The van der Waals surface area contributed by atoms with Crippen molar-refractivity contribution in [2.45, 2.75) is 38.3 Å². The number of rotatable bonds is 3. The fraction of sp³-hybridized carbons (Fsp3) is 0.292. The molecule has 0 spiro atoms. The van der Waals surface area contributed by atoms with Crippen LogP contribution in [0.4, 0.5) is 0 Å². The molecule has 1 N–H and O–H groups in total. The average Bonchev–Trinajstić information content (AvgIpc) is 3.48. The number of hydrogen-bond donors (Lipinski definition) is 1. The number of hydrogen-bond acceptors (Lipinski definition) is 4. The maximum atomic E-state index is 6.61. The quantitative estimate of drug-likeness (QED) is 0.469. The fourth-order valence-corrected chi connectivity index (χ4v) is 5.41. The molecular formula is C24H22Cl2N6. The molecule has 1 aliphatic carbocycles. The summed E-state index contributed by atoms with van der Waals surface area (Å²) >= 11 is 12.9. The summed E-state index contributed by atoms with van der Waals surface area (Å²) in [5, 5.41) is 5.63. The first-order valence-corrected chi connectivity index (χ1v) is 11.6. The van der Waals surface area contributed by atoms with Crippen LogP contribution in [0.2, 0.25) is 10.0 Å². The predicted octanol–water partition coefficient (Wildman–Crippen LogP) is 4.88. The number of fused-ring (bicyclic) bond motifs is 2. The molecule has 8 heteroatoms. The van der Waals surface area contributed by atoms with Gasteiger partial charge in [0.2, 0.25) is 0 Å². The number of halogens is 2. The average molecular weight is 465 g/mol. The lowest BCUT2D eigenvalue weighted by Gasteiger charge is -2.37. The van der Waals surface area contributed by atoms with Gasteiger partial charge in [-0.1, -0.05) is 29.3 Å². The van der Waals surface area contributed by atoms with E-state index in [0.717, 1.165) is 60.1 Å². The van der Waals surface area contributed by atoms with Crippen LogP contribution in [0, 0.1) is 0 Å². The second-order valence-electron chi connectivity index (χ2n) is 8.54. The third-order valence-corrected chi connectivity index (χ3v) is 7.19. The van der Waals surface area contributed by atoms with Crippen molar-refractivity contribution in [1.82, 2.24) is 29.6 Å². The summed E-state index contributed by atoms with van der Waals surface area (Å²) in [6, 6.07) is 12.7. The van der Waals surface area contributed by atoms with Crippen LogP contribution in [0.5, 0.6) is 0 Å². The lowest BCUT2D eigenvalue weighted by Crippen LogP contribution is -2.42. The standard InChI is InChI=1S/C24H22Cl2N6/c25-17-3-1-15-2-4-18(10-16(15)9-17)31-8-7-22-23(12-31)30-24(29-22)20-6-5-19(11-21(20)26)32-14-27-13-28-32/h1,3,5-6,9,11,13-14,18H,2,4,7-8,10,12H2,(H,29,30). The number of aryl methyl sites for hydroxylation is 1. The summed E-state index contributed by atoms with van der Waals surface area (Å²) in [4.78, 5) is 15.0. The summed E-state index contributed by atoms with van der Waals surface area (Å²) < 4.78 is 1.69. The third-order valence-electron chi connectivity index (χ3n) is 6.64. The number of benzene rings is 2. The molecule has 1 aliphatic heterocycles. The molecule has 0 saturated heterocycles. The summed E-state index contributed by atoms with van der Waals surface area (Å²) in [7, 11) is 0. The summed E-state index contributed by atoms with van der Waals surface area (Å²) in [5.41, 5.74) is 6.95. The topological polar surface area (TPSA) is 62.6 Å². The van der Waals surface area contributed by atoms with Crippen LogP contribution in [0.3, 0.4) is 0 Å². The summed E-state index contributed by atoms with van der Waals surface area (Å²) in [6.07, 6.45) is 7.46. The van der Waals surface area contributed by atoms with Gasteiger partial charge in [0.05, 0.1) is 22.1 Å². The molecule has 0 saturated carbocycles. The number of aromatic nitrogens is 5. The van der Waals surface area contributed by atoms with Gasteiger partial charge < -0.3 is 4.98 Å². The highest BCUT2D eigenvalue weighted by molar-refractivity contribution is 6.33. The van der Waals surface area contributed by atoms with Crippen molar-refractivity contribution in [2.24, 2.45) is 0 Å². The van der Waals surface area contributed by atoms with Crippen LogP contribution >= 0.6 is 23.2 Å². The molecule has 6 nitrogen and oxygen atoms in total. The van der Waals surface area contributed by atoms with E-state index in [4.69, 9.17) is 28.2 Å². The first-order valence-electron chi connectivity index (χ1n) is 10.9. The SMILES string of the molecule is Clc1ccc2c(c1)CC(N1CCc3nc(-c4ccc(-n5cncn5)cc4Cl)[nH]c3C1)CC2. The molecule has 1 unspecified atom stereocenters. The predicted molar refractivity (Wildman–Crippen MR) is 125 cm³/mol. The zero-order valence-electron chi connectivity index (χ0n) is 17.4. The van der Waals surface area contributed by atoms with E-state index in [0.29, 0.717) is 11.1 Å². The van der Waals surface area contributed by atoms with Crippen molar-refractivity contribution in [3.63, 3.8) is 0 Å². The first-order chi connectivity index (χ1) is 15.6. The number of H-pyrrole nitrogens is 1. The van der Waals surface area contributed by atoms with Gasteiger partial charge in [0, 0.05) is 36.1 Å². The number of aromatic amines is 1. The molecule has 0 fully saturated rings. The van der Waals surface area contributed by atoms with Gasteiger partial charge in [0.25, 0.3) is 0 Å². The van der Waals surface area contributed by atoms with Crippen LogP contribution < -0.4 is 0 Å². The molecule has 4 aromatic rings. The number of imidazole rings is 1. The Bertz CT molecular complexity index is 1280. The van der Waals surface area contributed by atoms with Gasteiger partial charge in [-0.3, -0.25) is 4.90 Å². The fourth-order valence-electron chi connectivity index (χ4n) is 4.95. The molecule has 3 heterocycles. The van der Waals surface area contributed by atoms with Crippen molar-refractivity contribution >= 4 is 23.2 Å². The van der Waals surface area contributed by atoms with E-state index in [-0.39, 0.29) is 0 Å². The van der Waals surface area contributed by atoms with E-state index in [1.165, 1.54) is 29.6 Å². The van der Waals surface area contributed by atoms with Crippen LogP contribution in [0.25, 0.3) is 17.1 Å². The van der Waals surface area contributed by atoms with E-state index in [1.807, 2.05) is 24.3 Å². The molecular weight excluding hydrogens is 443 g/mol. The van der Waals surface area contributed by atoms with Gasteiger partial charge in [0.15, 0.2) is 0 Å². The van der Waals surface area contributed by atoms with Gasteiger partial charge in [-0.2, -0.15) is 5.10 Å². The van der Waals surface area contributed by atoms with Crippen LogP contribution in [0.15, 0.2) is 49.1 Å². The normalized spacial score (nSPS) is 18.4. The number of nitrogens with zero attached hydrogens (tertiary/aromatic N) is 5. The Morgan fingerprint density at radius 1 is 1.03 bits per heavy atom. The highest BCUT2D eigenvalue weighted by Gasteiger charge is 2.29. The molecule has 0 radical (unpaired) electrons. The monoisotopic (exact) mass is 464 g/mol. The molecule has 0 bridgehead atoms. The molecule has 32 heavy (non-hydrogen) atoms. The molecule has 2 aromatic carbocycles.